The van der Waals surface area contributed by atoms with Gasteiger partial charge in [0.2, 0.25) is 0 Å². The Morgan fingerprint density at radius 1 is 0.707 bits per heavy atom. The molecule has 16 nitrogen and oxygen atoms in total. The molecule has 240 valence electrons. The molecule has 1 saturated carbocycles. The van der Waals surface area contributed by atoms with E-state index >= 15 is 0 Å². The zero-order valence-corrected chi connectivity index (χ0v) is 22.7. The van der Waals surface area contributed by atoms with Crippen molar-refractivity contribution >= 4 is 0 Å². The normalized spacial score (nSPS) is 50.3. The molecule has 1 aliphatic carbocycles. The van der Waals surface area contributed by atoms with Gasteiger partial charge in [-0.15, -0.1) is 0 Å². The molecule has 41 heavy (non-hydrogen) atoms. The molecular weight excluding hydrogens is 556 g/mol. The number of aliphatic hydroxyl groups is 10. The van der Waals surface area contributed by atoms with Crippen LogP contribution in [0.15, 0.2) is 0 Å². The van der Waals surface area contributed by atoms with E-state index in [0.29, 0.717) is 19.4 Å². The van der Waals surface area contributed by atoms with Crippen molar-refractivity contribution in [3.05, 3.63) is 0 Å². The van der Waals surface area contributed by atoms with Gasteiger partial charge in [-0.05, 0) is 19.3 Å². The Bertz CT molecular complexity index is 818. The van der Waals surface area contributed by atoms with Gasteiger partial charge >= 0.3 is 0 Å². The Balaban J connectivity index is 1.53. The molecule has 5 fully saturated rings. The van der Waals surface area contributed by atoms with E-state index < -0.39 is 124 Å². The summed E-state index contributed by atoms with van der Waals surface area (Å²) in [5.41, 5.74) is -1.49. The van der Waals surface area contributed by atoms with Crippen molar-refractivity contribution in [1.29, 1.82) is 0 Å². The lowest BCUT2D eigenvalue weighted by Gasteiger charge is -2.54. The molecule has 2 bridgehead atoms. The molecule has 16 heteroatoms. The van der Waals surface area contributed by atoms with Crippen LogP contribution in [0.1, 0.15) is 19.3 Å². The second kappa shape index (κ2) is 14.0. The van der Waals surface area contributed by atoms with Crippen LogP contribution in [-0.2, 0) is 28.4 Å². The number of rotatable bonds is 12. The van der Waals surface area contributed by atoms with Crippen LogP contribution in [0.3, 0.4) is 0 Å². The van der Waals surface area contributed by atoms with E-state index in [-0.39, 0.29) is 6.42 Å². The molecule has 4 saturated heterocycles. The van der Waals surface area contributed by atoms with Crippen molar-refractivity contribution in [1.82, 2.24) is 0 Å². The van der Waals surface area contributed by atoms with E-state index in [4.69, 9.17) is 28.4 Å². The van der Waals surface area contributed by atoms with Gasteiger partial charge in [0.15, 0.2) is 6.29 Å². The minimum atomic E-state index is -1.69. The quantitative estimate of drug-likeness (QED) is 0.0936. The second-order valence-corrected chi connectivity index (χ2v) is 11.2. The summed E-state index contributed by atoms with van der Waals surface area (Å²) in [5.74, 6) is -0.679. The summed E-state index contributed by atoms with van der Waals surface area (Å²) in [5, 5.41) is 102. The molecule has 16 atom stereocenters. The van der Waals surface area contributed by atoms with Crippen LogP contribution in [0.5, 0.6) is 0 Å². The zero-order valence-electron chi connectivity index (χ0n) is 22.7. The van der Waals surface area contributed by atoms with Gasteiger partial charge in [-0.3, -0.25) is 0 Å². The van der Waals surface area contributed by atoms with Crippen molar-refractivity contribution in [3.63, 3.8) is 0 Å². The average Bonchev–Trinajstić information content (AvgIpc) is 3.16. The Hall–Kier alpha value is -0.640. The fraction of sp³-hybridized carbons (Fsp3) is 1.00. The summed E-state index contributed by atoms with van der Waals surface area (Å²) < 4.78 is 34.5. The van der Waals surface area contributed by atoms with Crippen LogP contribution in [0, 0.1) is 5.92 Å². The predicted molar refractivity (Wildman–Crippen MR) is 132 cm³/mol. The van der Waals surface area contributed by atoms with Gasteiger partial charge in [-0.2, -0.15) is 0 Å². The van der Waals surface area contributed by atoms with Crippen LogP contribution in [0.2, 0.25) is 0 Å². The average molecular weight is 601 g/mol. The monoisotopic (exact) mass is 600 g/mol. The highest BCUT2D eigenvalue weighted by molar-refractivity contribution is 5.15. The third-order valence-electron chi connectivity index (χ3n) is 8.78. The highest BCUT2D eigenvalue weighted by Gasteiger charge is 2.66. The lowest BCUT2D eigenvalue weighted by atomic mass is 9.63. The third-order valence-corrected chi connectivity index (χ3v) is 8.78. The van der Waals surface area contributed by atoms with E-state index in [1.807, 2.05) is 0 Å². The lowest BCUT2D eigenvalue weighted by molar-refractivity contribution is -0.330. The van der Waals surface area contributed by atoms with E-state index in [1.54, 1.807) is 0 Å². The first-order valence-electron chi connectivity index (χ1n) is 13.9. The molecule has 10 N–H and O–H groups in total. The highest BCUT2D eigenvalue weighted by Crippen LogP contribution is 2.52. The standard InChI is InChI=1S/C25H44O16/c1-36-4-2-3-11-22(41-24-21(34)20(33)17(30)13(7-27)40-24)10-5-25(23(10)35,15(8-28)39-11)37-9-14-18(31)19(32)16(29)12(6-26)38-14/h10-24,26-35H,2-9H2,1H3/t10?,11-,12?,13?,14-,15?,16+,17+,18?,19?,20?,21?,22?,23-,24-,25?/m0/s1. The van der Waals surface area contributed by atoms with Crippen LogP contribution >= 0.6 is 0 Å². The van der Waals surface area contributed by atoms with Crippen molar-refractivity contribution in [2.75, 3.05) is 40.1 Å². The Morgan fingerprint density at radius 2 is 1.32 bits per heavy atom. The fourth-order valence-electron chi connectivity index (χ4n) is 6.27. The molecule has 5 aliphatic rings. The summed E-state index contributed by atoms with van der Waals surface area (Å²) in [6.45, 7) is -1.89. The van der Waals surface area contributed by atoms with Crippen LogP contribution in [0.4, 0.5) is 0 Å². The number of aliphatic hydroxyl groups excluding tert-OH is 10. The zero-order chi connectivity index (χ0) is 30.1. The smallest absolute Gasteiger partial charge is 0.187 e. The van der Waals surface area contributed by atoms with Gasteiger partial charge < -0.3 is 79.5 Å². The Kier molecular flexibility index (Phi) is 11.3. The van der Waals surface area contributed by atoms with Gasteiger partial charge in [0.25, 0.3) is 0 Å². The molecule has 10 unspecified atom stereocenters. The number of hydrogen-bond donors (Lipinski definition) is 10. The number of hydrogen-bond acceptors (Lipinski definition) is 16. The first-order valence-corrected chi connectivity index (χ1v) is 13.9. The Morgan fingerprint density at radius 3 is 1.90 bits per heavy atom. The van der Waals surface area contributed by atoms with Crippen molar-refractivity contribution in [2.24, 2.45) is 5.92 Å². The van der Waals surface area contributed by atoms with Gasteiger partial charge in [0.1, 0.15) is 66.6 Å². The molecule has 0 aromatic rings. The minimum absolute atomic E-state index is 0.0830. The molecular formula is C25H44O16. The Labute approximate surface area is 236 Å². The first-order chi connectivity index (χ1) is 19.5. The number of methoxy groups -OCH3 is 1. The number of fused-ring (bicyclic) bond motifs is 3. The van der Waals surface area contributed by atoms with Crippen molar-refractivity contribution in [3.8, 4) is 0 Å². The molecule has 4 heterocycles. The maximum Gasteiger partial charge on any atom is 0.187 e. The summed E-state index contributed by atoms with van der Waals surface area (Å²) in [7, 11) is 1.52. The van der Waals surface area contributed by atoms with Crippen LogP contribution in [0.25, 0.3) is 0 Å². The van der Waals surface area contributed by atoms with E-state index in [9.17, 15) is 51.1 Å². The molecule has 0 aromatic carbocycles. The van der Waals surface area contributed by atoms with E-state index in [0.717, 1.165) is 0 Å². The molecule has 0 aromatic heterocycles. The maximum atomic E-state index is 11.4. The third kappa shape index (κ3) is 6.30. The second-order valence-electron chi connectivity index (χ2n) is 11.2. The molecule has 5 rings (SSSR count). The molecule has 4 aliphatic heterocycles. The topological polar surface area (TPSA) is 258 Å². The van der Waals surface area contributed by atoms with E-state index in [2.05, 4.69) is 0 Å². The van der Waals surface area contributed by atoms with Gasteiger partial charge in [-0.1, -0.05) is 0 Å². The molecule has 0 radical (unpaired) electrons. The van der Waals surface area contributed by atoms with E-state index in [1.165, 1.54) is 7.11 Å². The summed E-state index contributed by atoms with van der Waals surface area (Å²) in [6.07, 6.45) is -18.0. The van der Waals surface area contributed by atoms with Crippen LogP contribution < -0.4 is 0 Å². The lowest BCUT2D eigenvalue weighted by Crippen LogP contribution is -2.69. The van der Waals surface area contributed by atoms with Gasteiger partial charge in [0.05, 0.1) is 44.7 Å². The SMILES string of the molecule is COCCC[C@@H]1OC(CO)C2(OC[C@@H]3OC(CO)[C@@H](O)C(O)C3O)CC(C1O[C@@H]1OC(CO)[C@@H](O)C(O)C1O)[C@@H]2O. The molecule has 0 spiro atoms. The minimum Gasteiger partial charge on any atom is -0.394 e. The summed E-state index contributed by atoms with van der Waals surface area (Å²) in [4.78, 5) is 0. The van der Waals surface area contributed by atoms with Gasteiger partial charge in [0, 0.05) is 19.6 Å². The predicted octanol–water partition coefficient (Wildman–Crippen LogP) is -5.66. The van der Waals surface area contributed by atoms with Gasteiger partial charge in [-0.25, -0.2) is 0 Å². The molecule has 0 amide bonds. The largest absolute Gasteiger partial charge is 0.394 e. The number of ether oxygens (including phenoxy) is 6. The summed E-state index contributed by atoms with van der Waals surface area (Å²) in [6, 6.07) is 0. The van der Waals surface area contributed by atoms with Crippen molar-refractivity contribution in [2.45, 2.75) is 111 Å². The first kappa shape index (κ1) is 33.3. The fourth-order valence-corrected chi connectivity index (χ4v) is 6.27. The summed E-state index contributed by atoms with van der Waals surface area (Å²) >= 11 is 0. The maximum absolute atomic E-state index is 11.4. The van der Waals surface area contributed by atoms with Crippen LogP contribution in [-0.4, -0.2) is 182 Å². The highest BCUT2D eigenvalue weighted by atomic mass is 16.7. The van der Waals surface area contributed by atoms with Crippen molar-refractivity contribution < 1.29 is 79.5 Å².